The maximum atomic E-state index is 4.55. The molecule has 0 saturated carbocycles. The molecule has 3 nitrogen and oxygen atoms in total. The van der Waals surface area contributed by atoms with Gasteiger partial charge in [0, 0.05) is 33.9 Å². The van der Waals surface area contributed by atoms with Crippen LogP contribution in [0, 0.1) is 0 Å². The molecular formula is C22H21N3. The summed E-state index contributed by atoms with van der Waals surface area (Å²) in [6, 6.07) is 6.68. The van der Waals surface area contributed by atoms with Crippen LogP contribution < -0.4 is 0 Å². The van der Waals surface area contributed by atoms with Gasteiger partial charge in [0.1, 0.15) is 0 Å². The van der Waals surface area contributed by atoms with E-state index in [2.05, 4.69) is 60.3 Å². The van der Waals surface area contributed by atoms with Gasteiger partial charge in [0.15, 0.2) is 0 Å². The van der Waals surface area contributed by atoms with Gasteiger partial charge in [-0.2, -0.15) is 0 Å². The van der Waals surface area contributed by atoms with Crippen molar-refractivity contribution in [3.8, 4) is 0 Å². The van der Waals surface area contributed by atoms with Crippen LogP contribution in [0.1, 0.15) is 50.7 Å². The summed E-state index contributed by atoms with van der Waals surface area (Å²) < 4.78 is 2.37. The maximum absolute atomic E-state index is 4.55. The maximum Gasteiger partial charge on any atom is 0.0728 e. The van der Waals surface area contributed by atoms with Gasteiger partial charge < -0.3 is 4.40 Å². The van der Waals surface area contributed by atoms with Gasteiger partial charge in [0.2, 0.25) is 0 Å². The van der Waals surface area contributed by atoms with Gasteiger partial charge in [-0.05, 0) is 23.0 Å². The number of aromatic nitrogens is 3. The quantitative estimate of drug-likeness (QED) is 0.405. The number of rotatable bonds is 2. The fourth-order valence-electron chi connectivity index (χ4n) is 4.29. The average Bonchev–Trinajstić information content (AvgIpc) is 3.13. The van der Waals surface area contributed by atoms with Crippen LogP contribution in [0.3, 0.4) is 0 Å². The van der Waals surface area contributed by atoms with Gasteiger partial charge in [-0.3, -0.25) is 9.97 Å². The SMILES string of the molecule is CC(C)c1cncc2c1c1cccc3c4c(C(C)C)cncc4n2c13. The lowest BCUT2D eigenvalue weighted by Gasteiger charge is -2.09. The topological polar surface area (TPSA) is 30.2 Å². The van der Waals surface area contributed by atoms with E-state index in [0.717, 1.165) is 0 Å². The monoisotopic (exact) mass is 327 g/mol. The van der Waals surface area contributed by atoms with Crippen molar-refractivity contribution < 1.29 is 0 Å². The van der Waals surface area contributed by atoms with E-state index in [1.807, 2.05) is 24.8 Å². The van der Waals surface area contributed by atoms with Crippen LogP contribution in [0.15, 0.2) is 43.0 Å². The van der Waals surface area contributed by atoms with E-state index < -0.39 is 0 Å². The molecule has 0 radical (unpaired) electrons. The molecule has 0 bridgehead atoms. The zero-order valence-electron chi connectivity index (χ0n) is 15.0. The fourth-order valence-corrected chi connectivity index (χ4v) is 4.29. The van der Waals surface area contributed by atoms with E-state index in [1.165, 1.54) is 49.2 Å². The molecule has 0 aliphatic rings. The molecule has 0 unspecified atom stereocenters. The minimum Gasteiger partial charge on any atom is -0.305 e. The van der Waals surface area contributed by atoms with Crippen molar-refractivity contribution in [1.29, 1.82) is 0 Å². The number of fused-ring (bicyclic) bond motifs is 6. The lowest BCUT2D eigenvalue weighted by Crippen LogP contribution is -1.93. The largest absolute Gasteiger partial charge is 0.305 e. The molecule has 4 aromatic heterocycles. The molecular weight excluding hydrogens is 306 g/mol. The minimum atomic E-state index is 0.443. The van der Waals surface area contributed by atoms with Crippen LogP contribution in [0.4, 0.5) is 0 Å². The van der Waals surface area contributed by atoms with Gasteiger partial charge in [-0.15, -0.1) is 0 Å². The van der Waals surface area contributed by atoms with Gasteiger partial charge in [0.25, 0.3) is 0 Å². The van der Waals surface area contributed by atoms with Crippen LogP contribution in [-0.2, 0) is 0 Å². The molecule has 4 heterocycles. The summed E-state index contributed by atoms with van der Waals surface area (Å²) in [5.41, 5.74) is 6.31. The minimum absolute atomic E-state index is 0.443. The number of para-hydroxylation sites is 1. The zero-order chi connectivity index (χ0) is 17.3. The highest BCUT2D eigenvalue weighted by molar-refractivity contribution is 6.24. The summed E-state index contributed by atoms with van der Waals surface area (Å²) in [6.45, 7) is 8.95. The first-order chi connectivity index (χ1) is 12.1. The van der Waals surface area contributed by atoms with Gasteiger partial charge in [-0.1, -0.05) is 45.9 Å². The molecule has 0 aliphatic carbocycles. The van der Waals surface area contributed by atoms with Crippen LogP contribution >= 0.6 is 0 Å². The Morgan fingerprint density at radius 2 is 1.20 bits per heavy atom. The molecule has 3 heteroatoms. The van der Waals surface area contributed by atoms with E-state index in [0.29, 0.717) is 11.8 Å². The molecule has 124 valence electrons. The Labute approximate surface area is 146 Å². The van der Waals surface area contributed by atoms with E-state index in [-0.39, 0.29) is 0 Å². The summed E-state index contributed by atoms with van der Waals surface area (Å²) in [7, 11) is 0. The van der Waals surface area contributed by atoms with E-state index in [1.54, 1.807) is 0 Å². The summed E-state index contributed by atoms with van der Waals surface area (Å²) in [5.74, 6) is 0.885. The highest BCUT2D eigenvalue weighted by atomic mass is 14.9. The van der Waals surface area contributed by atoms with Crippen molar-refractivity contribution in [2.24, 2.45) is 0 Å². The average molecular weight is 327 g/mol. The number of nitrogens with zero attached hydrogens (tertiary/aromatic N) is 3. The predicted molar refractivity (Wildman–Crippen MR) is 105 cm³/mol. The normalized spacial score (nSPS) is 12.7. The van der Waals surface area contributed by atoms with Crippen LogP contribution in [0.2, 0.25) is 0 Å². The molecule has 5 rings (SSSR count). The third kappa shape index (κ3) is 1.76. The Morgan fingerprint density at radius 1 is 0.720 bits per heavy atom. The van der Waals surface area contributed by atoms with Crippen LogP contribution in [0.5, 0.6) is 0 Å². The Balaban J connectivity index is 2.14. The summed E-state index contributed by atoms with van der Waals surface area (Å²) in [4.78, 5) is 9.10. The second-order valence-electron chi connectivity index (χ2n) is 7.59. The third-order valence-corrected chi connectivity index (χ3v) is 5.43. The summed E-state index contributed by atoms with van der Waals surface area (Å²) in [6.07, 6.45) is 8.05. The molecule has 5 aromatic rings. The summed E-state index contributed by atoms with van der Waals surface area (Å²) in [5, 5.41) is 5.32. The highest BCUT2D eigenvalue weighted by Crippen LogP contribution is 2.42. The predicted octanol–water partition coefficient (Wildman–Crippen LogP) is 5.87. The van der Waals surface area contributed by atoms with Gasteiger partial charge >= 0.3 is 0 Å². The fraction of sp³-hybridized carbons (Fsp3) is 0.273. The summed E-state index contributed by atoms with van der Waals surface area (Å²) >= 11 is 0. The Hall–Kier alpha value is -2.68. The molecule has 0 spiro atoms. The lowest BCUT2D eigenvalue weighted by molar-refractivity contribution is 0.868. The molecule has 0 N–H and O–H groups in total. The van der Waals surface area contributed by atoms with Gasteiger partial charge in [-0.25, -0.2) is 0 Å². The Morgan fingerprint density at radius 3 is 1.64 bits per heavy atom. The molecule has 0 saturated heterocycles. The number of hydrogen-bond donors (Lipinski definition) is 0. The molecule has 0 fully saturated rings. The van der Waals surface area contributed by atoms with Crippen molar-refractivity contribution in [2.45, 2.75) is 39.5 Å². The van der Waals surface area contributed by atoms with E-state index in [9.17, 15) is 0 Å². The molecule has 1 aromatic carbocycles. The van der Waals surface area contributed by atoms with Crippen LogP contribution in [0.25, 0.3) is 38.1 Å². The van der Waals surface area contributed by atoms with Crippen molar-refractivity contribution >= 4 is 38.1 Å². The van der Waals surface area contributed by atoms with Crippen LogP contribution in [-0.4, -0.2) is 14.4 Å². The third-order valence-electron chi connectivity index (χ3n) is 5.43. The molecule has 25 heavy (non-hydrogen) atoms. The van der Waals surface area contributed by atoms with Gasteiger partial charge in [0.05, 0.1) is 28.9 Å². The highest BCUT2D eigenvalue weighted by Gasteiger charge is 2.22. The van der Waals surface area contributed by atoms with Crippen molar-refractivity contribution in [3.63, 3.8) is 0 Å². The smallest absolute Gasteiger partial charge is 0.0728 e. The first-order valence-electron chi connectivity index (χ1n) is 8.99. The Kier molecular flexibility index (Phi) is 2.88. The standard InChI is InChI=1S/C22H21N3/c1-12(2)16-8-23-10-18-20(16)14-6-5-7-15-21-17(13(3)4)9-24-11-19(21)25(18)22(14)15/h5-13H,1-4H3. The first-order valence-corrected chi connectivity index (χ1v) is 8.99. The van der Waals surface area contributed by atoms with E-state index in [4.69, 9.17) is 0 Å². The van der Waals surface area contributed by atoms with Crippen molar-refractivity contribution in [1.82, 2.24) is 14.4 Å². The van der Waals surface area contributed by atoms with E-state index >= 15 is 0 Å². The zero-order valence-corrected chi connectivity index (χ0v) is 15.0. The van der Waals surface area contributed by atoms with Crippen molar-refractivity contribution in [3.05, 3.63) is 54.1 Å². The molecule has 0 amide bonds. The second-order valence-corrected chi connectivity index (χ2v) is 7.59. The number of benzene rings is 1. The lowest BCUT2D eigenvalue weighted by atomic mass is 9.97. The molecule has 0 atom stereocenters. The first kappa shape index (κ1) is 14.6. The second kappa shape index (κ2) is 4.92. The number of hydrogen-bond acceptors (Lipinski definition) is 2. The number of pyridine rings is 2. The van der Waals surface area contributed by atoms with Crippen molar-refractivity contribution in [2.75, 3.05) is 0 Å². The Bertz CT molecular complexity index is 1150. The molecule has 0 aliphatic heterocycles.